The lowest BCUT2D eigenvalue weighted by atomic mass is 9.84. The number of fused-ring (bicyclic) bond motifs is 1. The van der Waals surface area contributed by atoms with Gasteiger partial charge in [0.1, 0.15) is 0 Å². The minimum atomic E-state index is 0.153. The zero-order valence-electron chi connectivity index (χ0n) is 11.2. The van der Waals surface area contributed by atoms with Gasteiger partial charge in [-0.1, -0.05) is 32.9 Å². The van der Waals surface area contributed by atoms with Crippen molar-refractivity contribution < 1.29 is 4.79 Å². The summed E-state index contributed by atoms with van der Waals surface area (Å²) in [5.41, 5.74) is 3.58. The summed E-state index contributed by atoms with van der Waals surface area (Å²) >= 11 is 0. The largest absolute Gasteiger partial charge is 0.339 e. The van der Waals surface area contributed by atoms with Gasteiger partial charge in [0.15, 0.2) is 0 Å². The molecule has 0 atom stereocenters. The molecular weight excluding hydrogens is 210 g/mol. The van der Waals surface area contributed by atoms with Crippen LogP contribution in [-0.2, 0) is 11.8 Å². The quantitative estimate of drug-likeness (QED) is 0.727. The van der Waals surface area contributed by atoms with Crippen LogP contribution in [0, 0.1) is 0 Å². The van der Waals surface area contributed by atoms with E-state index in [4.69, 9.17) is 0 Å². The summed E-state index contributed by atoms with van der Waals surface area (Å²) in [4.78, 5) is 14.1. The molecule has 0 bridgehead atoms. The maximum atomic E-state index is 12.1. The van der Waals surface area contributed by atoms with E-state index in [9.17, 15) is 4.79 Å². The van der Waals surface area contributed by atoms with Crippen LogP contribution in [0.5, 0.6) is 0 Å². The molecule has 1 aromatic rings. The Morgan fingerprint density at radius 1 is 1.29 bits per heavy atom. The number of benzene rings is 1. The van der Waals surface area contributed by atoms with Crippen LogP contribution in [0.1, 0.15) is 49.2 Å². The molecule has 0 saturated heterocycles. The van der Waals surface area contributed by atoms with Gasteiger partial charge in [0.25, 0.3) is 5.91 Å². The molecule has 0 N–H and O–H groups in total. The third kappa shape index (κ3) is 2.21. The van der Waals surface area contributed by atoms with Gasteiger partial charge >= 0.3 is 0 Å². The molecule has 1 aromatic carbocycles. The van der Waals surface area contributed by atoms with Gasteiger partial charge in [-0.3, -0.25) is 4.79 Å². The highest BCUT2D eigenvalue weighted by atomic mass is 16.2. The Bertz CT molecular complexity index is 443. The van der Waals surface area contributed by atoms with Crippen molar-refractivity contribution in [2.75, 3.05) is 13.1 Å². The van der Waals surface area contributed by atoms with Gasteiger partial charge in [-0.2, -0.15) is 0 Å². The van der Waals surface area contributed by atoms with E-state index in [-0.39, 0.29) is 11.3 Å². The maximum Gasteiger partial charge on any atom is 0.254 e. The predicted molar refractivity (Wildman–Crippen MR) is 70.4 cm³/mol. The molecule has 0 radical (unpaired) electrons. The summed E-state index contributed by atoms with van der Waals surface area (Å²) in [5.74, 6) is 0.189. The summed E-state index contributed by atoms with van der Waals surface area (Å²) in [6.45, 7) is 10.3. The second-order valence-corrected chi connectivity index (χ2v) is 5.76. The monoisotopic (exact) mass is 231 g/mol. The molecule has 0 aromatic heterocycles. The highest BCUT2D eigenvalue weighted by Crippen LogP contribution is 2.27. The summed E-state index contributed by atoms with van der Waals surface area (Å²) in [7, 11) is 0. The highest BCUT2D eigenvalue weighted by Gasteiger charge is 2.24. The molecule has 0 aliphatic carbocycles. The van der Waals surface area contributed by atoms with Crippen LogP contribution < -0.4 is 0 Å². The van der Waals surface area contributed by atoms with E-state index in [1.807, 2.05) is 17.9 Å². The second-order valence-electron chi connectivity index (χ2n) is 5.76. The lowest BCUT2D eigenvalue weighted by Gasteiger charge is -2.29. The second kappa shape index (κ2) is 4.17. The number of carbonyl (C=O) groups excluding carboxylic acids is 1. The van der Waals surface area contributed by atoms with E-state index in [1.54, 1.807) is 0 Å². The number of likely N-dealkylation sites (N-methyl/N-ethyl adjacent to an activating group) is 1. The molecule has 0 unspecified atom stereocenters. The average Bonchev–Trinajstić information content (AvgIpc) is 2.28. The topological polar surface area (TPSA) is 20.3 Å². The van der Waals surface area contributed by atoms with Crippen molar-refractivity contribution >= 4 is 5.91 Å². The van der Waals surface area contributed by atoms with Crippen LogP contribution in [-0.4, -0.2) is 23.9 Å². The fraction of sp³-hybridized carbons (Fsp3) is 0.533. The Kier molecular flexibility index (Phi) is 2.98. The van der Waals surface area contributed by atoms with E-state index in [0.29, 0.717) is 0 Å². The van der Waals surface area contributed by atoms with Crippen LogP contribution in [0.3, 0.4) is 0 Å². The first-order valence-electron chi connectivity index (χ1n) is 6.36. The van der Waals surface area contributed by atoms with Crippen LogP contribution in [0.15, 0.2) is 18.2 Å². The summed E-state index contributed by atoms with van der Waals surface area (Å²) in [6.07, 6.45) is 0.985. The summed E-state index contributed by atoms with van der Waals surface area (Å²) in [6, 6.07) is 6.30. The SMILES string of the molecule is CCN1CCc2cc(C(C)(C)C)ccc2C1=O. The number of nitrogens with zero attached hydrogens (tertiary/aromatic N) is 1. The third-order valence-electron chi connectivity index (χ3n) is 3.52. The van der Waals surface area contributed by atoms with E-state index in [2.05, 4.69) is 32.9 Å². The summed E-state index contributed by atoms with van der Waals surface area (Å²) < 4.78 is 0. The molecule has 1 amide bonds. The minimum Gasteiger partial charge on any atom is -0.339 e. The first-order chi connectivity index (χ1) is 7.93. The standard InChI is InChI=1S/C15H21NO/c1-5-16-9-8-11-10-12(15(2,3)4)6-7-13(11)14(16)17/h6-7,10H,5,8-9H2,1-4H3. The molecule has 1 aliphatic rings. The maximum absolute atomic E-state index is 12.1. The Balaban J connectivity index is 2.40. The van der Waals surface area contributed by atoms with Crippen molar-refractivity contribution in [3.05, 3.63) is 34.9 Å². The Morgan fingerprint density at radius 3 is 2.59 bits per heavy atom. The zero-order valence-corrected chi connectivity index (χ0v) is 11.2. The van der Waals surface area contributed by atoms with Crippen molar-refractivity contribution in [2.45, 2.75) is 39.5 Å². The van der Waals surface area contributed by atoms with Crippen LogP contribution in [0.2, 0.25) is 0 Å². The third-order valence-corrected chi connectivity index (χ3v) is 3.52. The first-order valence-corrected chi connectivity index (χ1v) is 6.36. The molecular formula is C15H21NO. The van der Waals surface area contributed by atoms with Gasteiger partial charge in [0.05, 0.1) is 0 Å². The van der Waals surface area contributed by atoms with Gasteiger partial charge < -0.3 is 4.90 Å². The van der Waals surface area contributed by atoms with Crippen molar-refractivity contribution in [1.82, 2.24) is 4.90 Å². The molecule has 0 spiro atoms. The molecule has 1 aliphatic heterocycles. The molecule has 1 heterocycles. The van der Waals surface area contributed by atoms with Crippen LogP contribution >= 0.6 is 0 Å². The van der Waals surface area contributed by atoms with E-state index < -0.39 is 0 Å². The molecule has 17 heavy (non-hydrogen) atoms. The fourth-order valence-corrected chi connectivity index (χ4v) is 2.30. The number of hydrogen-bond acceptors (Lipinski definition) is 1. The Hall–Kier alpha value is -1.31. The van der Waals surface area contributed by atoms with E-state index >= 15 is 0 Å². The van der Waals surface area contributed by atoms with Crippen molar-refractivity contribution in [1.29, 1.82) is 0 Å². The van der Waals surface area contributed by atoms with Gasteiger partial charge in [-0.15, -0.1) is 0 Å². The van der Waals surface area contributed by atoms with Crippen molar-refractivity contribution in [3.8, 4) is 0 Å². The number of hydrogen-bond donors (Lipinski definition) is 0. The van der Waals surface area contributed by atoms with Gasteiger partial charge in [0, 0.05) is 18.7 Å². The average molecular weight is 231 g/mol. The lowest BCUT2D eigenvalue weighted by molar-refractivity contribution is 0.0749. The van der Waals surface area contributed by atoms with E-state index in [1.165, 1.54) is 11.1 Å². The van der Waals surface area contributed by atoms with Crippen LogP contribution in [0.4, 0.5) is 0 Å². The zero-order chi connectivity index (χ0) is 12.6. The Labute approximate surface area is 104 Å². The van der Waals surface area contributed by atoms with Crippen molar-refractivity contribution in [3.63, 3.8) is 0 Å². The smallest absolute Gasteiger partial charge is 0.254 e. The number of rotatable bonds is 1. The van der Waals surface area contributed by atoms with Gasteiger partial charge in [-0.25, -0.2) is 0 Å². The molecule has 0 saturated carbocycles. The first kappa shape index (κ1) is 12.2. The summed E-state index contributed by atoms with van der Waals surface area (Å²) in [5, 5.41) is 0. The van der Waals surface area contributed by atoms with Gasteiger partial charge in [0.2, 0.25) is 0 Å². The molecule has 2 rings (SSSR count). The number of amides is 1. The van der Waals surface area contributed by atoms with Gasteiger partial charge in [-0.05, 0) is 36.0 Å². The predicted octanol–water partition coefficient (Wildman–Crippen LogP) is 3.00. The van der Waals surface area contributed by atoms with Crippen LogP contribution in [0.25, 0.3) is 0 Å². The Morgan fingerprint density at radius 2 is 2.00 bits per heavy atom. The van der Waals surface area contributed by atoms with E-state index in [0.717, 1.165) is 25.1 Å². The molecule has 2 heteroatoms. The minimum absolute atomic E-state index is 0.153. The fourth-order valence-electron chi connectivity index (χ4n) is 2.30. The molecule has 0 fully saturated rings. The number of carbonyl (C=O) groups is 1. The molecule has 92 valence electrons. The van der Waals surface area contributed by atoms with Crippen molar-refractivity contribution in [2.24, 2.45) is 0 Å². The highest BCUT2D eigenvalue weighted by molar-refractivity contribution is 5.96. The normalized spacial score (nSPS) is 16.0. The lowest BCUT2D eigenvalue weighted by Crippen LogP contribution is -2.37. The molecule has 2 nitrogen and oxygen atoms in total.